The molecular formula is C28H28F3N5O4S. The number of sulfone groups is 1. The average molecular weight is 588 g/mol. The fourth-order valence-electron chi connectivity index (χ4n) is 4.76. The first-order valence-corrected chi connectivity index (χ1v) is 14.8. The van der Waals surface area contributed by atoms with Crippen molar-refractivity contribution < 1.29 is 30.8 Å². The number of benzene rings is 3. The lowest BCUT2D eigenvalue weighted by molar-refractivity contribution is -0.137. The number of carbonyl (C=O) groups excluding carboxylic acids is 1. The number of alkyl halides is 3. The number of halogens is 3. The topological polar surface area (TPSA) is 122 Å². The molecule has 0 atom stereocenters. The molecule has 0 unspecified atom stereocenters. The molecule has 1 amide bonds. The Labute approximate surface area is 234 Å². The van der Waals surface area contributed by atoms with E-state index in [0.717, 1.165) is 24.1 Å². The summed E-state index contributed by atoms with van der Waals surface area (Å²) in [5.74, 6) is -0.120. The third-order valence-corrected chi connectivity index (χ3v) is 7.56. The molecule has 0 spiro atoms. The van der Waals surface area contributed by atoms with Gasteiger partial charge in [0.05, 0.1) is 17.9 Å². The normalized spacial score (nSPS) is 14.9. The Morgan fingerprint density at radius 2 is 1.68 bits per heavy atom. The number of piperazine rings is 1. The summed E-state index contributed by atoms with van der Waals surface area (Å²) in [6.07, 6.45) is -3.23. The van der Waals surface area contributed by atoms with Crippen LogP contribution in [0.5, 0.6) is 0 Å². The molecule has 0 bridgehead atoms. The van der Waals surface area contributed by atoms with E-state index in [1.54, 1.807) is 36.4 Å². The Hall–Kier alpha value is -4.10. The van der Waals surface area contributed by atoms with Crippen LogP contribution in [0, 0.1) is 0 Å². The third kappa shape index (κ3) is 6.98. The summed E-state index contributed by atoms with van der Waals surface area (Å²) in [4.78, 5) is 21.1. The van der Waals surface area contributed by atoms with Crippen LogP contribution < -0.4 is 16.0 Å². The van der Waals surface area contributed by atoms with Gasteiger partial charge in [0.25, 0.3) is 0 Å². The Morgan fingerprint density at radius 3 is 2.29 bits per heavy atom. The van der Waals surface area contributed by atoms with Crippen molar-refractivity contribution in [3.05, 3.63) is 71.8 Å². The summed E-state index contributed by atoms with van der Waals surface area (Å²) in [6, 6.07) is 15.2. The van der Waals surface area contributed by atoms with Gasteiger partial charge < -0.3 is 20.4 Å². The van der Waals surface area contributed by atoms with Crippen LogP contribution in [0.1, 0.15) is 11.1 Å². The van der Waals surface area contributed by atoms with Crippen molar-refractivity contribution >= 4 is 43.9 Å². The number of carbonyl (C=O) groups is 1. The highest BCUT2D eigenvalue weighted by Crippen LogP contribution is 2.32. The standard InChI is InChI=1S/C28H28F3N5O4S/c1-41(38,39)17-19-14-21(32)15-24-26(19)40-27(34-24)18-2-6-22(7-3-18)33-25(37)16-35-10-12-36(13-11-35)23-8-4-20(5-9-23)28(29,30)31/h2-9,14-15H,10-13,16-17,32H2,1H3,(H,33,37). The number of nitrogens with two attached hydrogens (primary N) is 1. The van der Waals surface area contributed by atoms with Crippen LogP contribution in [-0.2, 0) is 26.6 Å². The number of nitrogen functional groups attached to an aromatic ring is 1. The highest BCUT2D eigenvalue weighted by atomic mass is 32.2. The maximum Gasteiger partial charge on any atom is 0.416 e. The van der Waals surface area contributed by atoms with Crippen molar-refractivity contribution in [2.75, 3.05) is 54.9 Å². The van der Waals surface area contributed by atoms with Crippen LogP contribution in [0.3, 0.4) is 0 Å². The first-order chi connectivity index (χ1) is 19.3. The van der Waals surface area contributed by atoms with E-state index in [9.17, 15) is 26.4 Å². The molecular weight excluding hydrogens is 559 g/mol. The Kier molecular flexibility index (Phi) is 7.66. The maximum absolute atomic E-state index is 12.8. The fourth-order valence-corrected chi connectivity index (χ4v) is 5.54. The molecule has 1 aliphatic rings. The number of nitrogens with one attached hydrogen (secondary N) is 1. The van der Waals surface area contributed by atoms with Crippen molar-refractivity contribution in [2.24, 2.45) is 0 Å². The summed E-state index contributed by atoms with van der Waals surface area (Å²) in [5.41, 5.74) is 8.81. The van der Waals surface area contributed by atoms with Crippen LogP contribution in [0.4, 0.5) is 30.2 Å². The number of aromatic nitrogens is 1. The number of fused-ring (bicyclic) bond motifs is 1. The Morgan fingerprint density at radius 1 is 1.02 bits per heavy atom. The van der Waals surface area contributed by atoms with Gasteiger partial charge in [0.1, 0.15) is 5.52 Å². The van der Waals surface area contributed by atoms with E-state index < -0.39 is 21.6 Å². The largest absolute Gasteiger partial charge is 0.436 e. The number of hydrogen-bond acceptors (Lipinski definition) is 8. The molecule has 0 radical (unpaired) electrons. The highest BCUT2D eigenvalue weighted by Gasteiger charge is 2.30. The summed E-state index contributed by atoms with van der Waals surface area (Å²) >= 11 is 0. The van der Waals surface area contributed by atoms with Gasteiger partial charge in [0.15, 0.2) is 15.4 Å². The second-order valence-corrected chi connectivity index (χ2v) is 12.2. The summed E-state index contributed by atoms with van der Waals surface area (Å²) in [7, 11) is -3.31. The summed E-state index contributed by atoms with van der Waals surface area (Å²) < 4.78 is 68.0. The highest BCUT2D eigenvalue weighted by molar-refractivity contribution is 7.89. The van der Waals surface area contributed by atoms with Crippen LogP contribution in [0.2, 0.25) is 0 Å². The SMILES string of the molecule is CS(=O)(=O)Cc1cc(N)cc2nc(-c3ccc(NC(=O)CN4CCN(c5ccc(C(F)(F)F)cc5)CC4)cc3)oc12. The van der Waals surface area contributed by atoms with Crippen LogP contribution in [-0.4, -0.2) is 63.2 Å². The molecule has 5 rings (SSSR count). The summed E-state index contributed by atoms with van der Waals surface area (Å²) in [5, 5.41) is 2.87. The first kappa shape index (κ1) is 28.4. The summed E-state index contributed by atoms with van der Waals surface area (Å²) in [6.45, 7) is 2.55. The number of hydrogen-bond donors (Lipinski definition) is 2. The van der Waals surface area contributed by atoms with Gasteiger partial charge in [-0.1, -0.05) is 0 Å². The Balaban J connectivity index is 1.17. The molecule has 3 aromatic carbocycles. The van der Waals surface area contributed by atoms with Gasteiger partial charge in [-0.05, 0) is 60.7 Å². The first-order valence-electron chi connectivity index (χ1n) is 12.8. The second-order valence-electron chi connectivity index (χ2n) is 10.1. The lowest BCUT2D eigenvalue weighted by Crippen LogP contribution is -2.48. The van der Waals surface area contributed by atoms with Crippen molar-refractivity contribution in [3.63, 3.8) is 0 Å². The number of anilines is 3. The molecule has 0 aliphatic carbocycles. The van der Waals surface area contributed by atoms with E-state index in [1.165, 1.54) is 12.1 Å². The predicted octanol–water partition coefficient (Wildman–Crippen LogP) is 4.40. The van der Waals surface area contributed by atoms with Crippen molar-refractivity contribution in [2.45, 2.75) is 11.9 Å². The average Bonchev–Trinajstić information content (AvgIpc) is 3.32. The number of nitrogens with zero attached hydrogens (tertiary/aromatic N) is 3. The molecule has 4 aromatic rings. The molecule has 3 N–H and O–H groups in total. The van der Waals surface area contributed by atoms with Gasteiger partial charge >= 0.3 is 6.18 Å². The zero-order valence-electron chi connectivity index (χ0n) is 22.1. The van der Waals surface area contributed by atoms with E-state index in [0.29, 0.717) is 65.7 Å². The number of rotatable bonds is 7. The van der Waals surface area contributed by atoms with E-state index in [4.69, 9.17) is 10.2 Å². The molecule has 9 nitrogen and oxygen atoms in total. The zero-order valence-corrected chi connectivity index (χ0v) is 22.9. The third-order valence-electron chi connectivity index (χ3n) is 6.72. The number of amides is 1. The molecule has 1 fully saturated rings. The van der Waals surface area contributed by atoms with Crippen molar-refractivity contribution in [1.29, 1.82) is 0 Å². The second kappa shape index (κ2) is 11.1. The van der Waals surface area contributed by atoms with E-state index >= 15 is 0 Å². The molecule has 0 saturated carbocycles. The molecule has 13 heteroatoms. The van der Waals surface area contributed by atoms with Crippen LogP contribution in [0.15, 0.2) is 65.1 Å². The van der Waals surface area contributed by atoms with E-state index in [1.807, 2.05) is 9.80 Å². The molecule has 2 heterocycles. The monoisotopic (exact) mass is 587 g/mol. The van der Waals surface area contributed by atoms with Crippen LogP contribution >= 0.6 is 0 Å². The van der Waals surface area contributed by atoms with Gasteiger partial charge in [0.2, 0.25) is 11.8 Å². The van der Waals surface area contributed by atoms with Gasteiger partial charge in [-0.15, -0.1) is 0 Å². The van der Waals surface area contributed by atoms with Crippen molar-refractivity contribution in [3.8, 4) is 11.5 Å². The van der Waals surface area contributed by atoms with Gasteiger partial charge in [-0.3, -0.25) is 9.69 Å². The van der Waals surface area contributed by atoms with E-state index in [2.05, 4.69) is 10.3 Å². The minimum Gasteiger partial charge on any atom is -0.436 e. The number of oxazole rings is 1. The quantitative estimate of drug-likeness (QED) is 0.305. The van der Waals surface area contributed by atoms with Gasteiger partial charge in [-0.2, -0.15) is 13.2 Å². The fraction of sp³-hybridized carbons (Fsp3) is 0.286. The molecule has 1 aromatic heterocycles. The van der Waals surface area contributed by atoms with Gasteiger partial charge in [-0.25, -0.2) is 13.4 Å². The van der Waals surface area contributed by atoms with E-state index in [-0.39, 0.29) is 18.2 Å². The Bertz CT molecular complexity index is 1660. The molecule has 41 heavy (non-hydrogen) atoms. The predicted molar refractivity (Wildman–Crippen MR) is 151 cm³/mol. The van der Waals surface area contributed by atoms with Crippen molar-refractivity contribution in [1.82, 2.24) is 9.88 Å². The zero-order chi connectivity index (χ0) is 29.4. The van der Waals surface area contributed by atoms with Crippen LogP contribution in [0.25, 0.3) is 22.6 Å². The minimum atomic E-state index is -4.37. The molecule has 1 aliphatic heterocycles. The maximum atomic E-state index is 12.8. The lowest BCUT2D eigenvalue weighted by Gasteiger charge is -2.35. The van der Waals surface area contributed by atoms with Gasteiger partial charge in [0, 0.05) is 60.6 Å². The molecule has 1 saturated heterocycles. The lowest BCUT2D eigenvalue weighted by atomic mass is 10.1. The molecule has 216 valence electrons. The minimum absolute atomic E-state index is 0.179. The smallest absolute Gasteiger partial charge is 0.416 e.